The van der Waals surface area contributed by atoms with Crippen molar-refractivity contribution in [3.8, 4) is 11.5 Å². The molecule has 146 valence electrons. The van der Waals surface area contributed by atoms with Gasteiger partial charge < -0.3 is 14.3 Å². The van der Waals surface area contributed by atoms with E-state index < -0.39 is 0 Å². The molecule has 1 N–H and O–H groups in total. The molecule has 1 aromatic carbocycles. The minimum atomic E-state index is -0.111. The molecule has 9 nitrogen and oxygen atoms in total. The maximum Gasteiger partial charge on any atom is 0.277 e. The summed E-state index contributed by atoms with van der Waals surface area (Å²) in [5, 5.41) is 15.2. The minimum absolute atomic E-state index is 0.111. The van der Waals surface area contributed by atoms with Crippen LogP contribution in [-0.4, -0.2) is 31.2 Å². The van der Waals surface area contributed by atoms with Crippen LogP contribution >= 0.6 is 11.8 Å². The zero-order chi connectivity index (χ0) is 19.9. The van der Waals surface area contributed by atoms with Crippen LogP contribution in [0.25, 0.3) is 11.5 Å². The molecule has 0 radical (unpaired) electrons. The lowest BCUT2D eigenvalue weighted by Crippen LogP contribution is -2.12. The second kappa shape index (κ2) is 9.11. The van der Waals surface area contributed by atoms with Crippen LogP contribution in [0.4, 0.5) is 5.69 Å². The topological polar surface area (TPSA) is 120 Å². The minimum Gasteiger partial charge on any atom is -0.411 e. The Hall–Kier alpha value is -3.53. The number of benzene rings is 1. The van der Waals surface area contributed by atoms with E-state index in [0.29, 0.717) is 35.0 Å². The number of nitrogens with zero attached hydrogens (tertiary/aromatic N) is 5. The first-order valence-corrected chi connectivity index (χ1v) is 9.78. The van der Waals surface area contributed by atoms with Crippen LogP contribution in [0.15, 0.2) is 69.0 Å². The molecule has 1 amide bonds. The molecule has 4 rings (SSSR count). The average molecular weight is 408 g/mol. The summed E-state index contributed by atoms with van der Waals surface area (Å²) in [5.74, 6) is 1.63. The van der Waals surface area contributed by atoms with Crippen molar-refractivity contribution in [1.29, 1.82) is 0 Å². The van der Waals surface area contributed by atoms with E-state index in [1.54, 1.807) is 24.5 Å². The number of aromatic nitrogens is 5. The third-order valence-corrected chi connectivity index (χ3v) is 4.61. The molecule has 0 aliphatic carbocycles. The van der Waals surface area contributed by atoms with Gasteiger partial charge in [-0.05, 0) is 24.3 Å². The number of para-hydroxylation sites is 1. The van der Waals surface area contributed by atoms with E-state index >= 15 is 0 Å². The van der Waals surface area contributed by atoms with E-state index in [0.717, 1.165) is 11.3 Å². The van der Waals surface area contributed by atoms with E-state index in [4.69, 9.17) is 8.94 Å². The summed E-state index contributed by atoms with van der Waals surface area (Å²) in [6, 6.07) is 12.9. The van der Waals surface area contributed by atoms with Gasteiger partial charge in [-0.15, -0.1) is 10.2 Å². The van der Waals surface area contributed by atoms with Crippen LogP contribution in [0.2, 0.25) is 0 Å². The fourth-order valence-electron chi connectivity index (χ4n) is 2.42. The number of hydrogen-bond acceptors (Lipinski definition) is 9. The lowest BCUT2D eigenvalue weighted by Gasteiger charge is -2.02. The number of nitrogens with one attached hydrogen (secondary N) is 1. The normalized spacial score (nSPS) is 10.8. The molecule has 10 heteroatoms. The Morgan fingerprint density at radius 1 is 1.07 bits per heavy atom. The summed E-state index contributed by atoms with van der Waals surface area (Å²) < 4.78 is 10.8. The van der Waals surface area contributed by atoms with Crippen LogP contribution in [0.1, 0.15) is 18.1 Å². The van der Waals surface area contributed by atoms with Crippen molar-refractivity contribution in [3.63, 3.8) is 0 Å². The van der Waals surface area contributed by atoms with Crippen molar-refractivity contribution >= 4 is 23.4 Å². The molecule has 0 aliphatic rings. The fourth-order valence-corrected chi connectivity index (χ4v) is 3.03. The summed E-state index contributed by atoms with van der Waals surface area (Å²) in [5.41, 5.74) is 1.56. The molecule has 0 atom stereocenters. The Morgan fingerprint density at radius 2 is 1.90 bits per heavy atom. The molecule has 0 saturated carbocycles. The predicted octanol–water partition coefficient (Wildman–Crippen LogP) is 3.38. The zero-order valence-electron chi connectivity index (χ0n) is 15.2. The molecule has 0 spiro atoms. The number of thioether (sulfide) groups is 1. The van der Waals surface area contributed by atoms with Crippen molar-refractivity contribution in [2.45, 2.75) is 23.8 Å². The Kier molecular flexibility index (Phi) is 5.91. The number of rotatable bonds is 8. The molecule has 0 saturated heterocycles. The quantitative estimate of drug-likeness (QED) is 0.437. The number of amides is 1. The summed E-state index contributed by atoms with van der Waals surface area (Å²) in [6.07, 6.45) is 3.94. The van der Waals surface area contributed by atoms with Gasteiger partial charge in [-0.1, -0.05) is 35.1 Å². The third kappa shape index (κ3) is 5.26. The van der Waals surface area contributed by atoms with Crippen molar-refractivity contribution in [1.82, 2.24) is 25.3 Å². The lowest BCUT2D eigenvalue weighted by molar-refractivity contribution is -0.116. The first-order valence-electron chi connectivity index (χ1n) is 8.79. The summed E-state index contributed by atoms with van der Waals surface area (Å²) >= 11 is 1.31. The van der Waals surface area contributed by atoms with Crippen molar-refractivity contribution in [3.05, 3.63) is 66.6 Å². The Labute approximate surface area is 170 Å². The Balaban J connectivity index is 1.25. The molecule has 0 fully saturated rings. The largest absolute Gasteiger partial charge is 0.411 e. The number of hydrogen-bond donors (Lipinski definition) is 1. The van der Waals surface area contributed by atoms with Crippen molar-refractivity contribution < 1.29 is 13.7 Å². The van der Waals surface area contributed by atoms with E-state index in [1.165, 1.54) is 11.8 Å². The van der Waals surface area contributed by atoms with Gasteiger partial charge in [0.25, 0.3) is 5.22 Å². The van der Waals surface area contributed by atoms with E-state index in [1.807, 2.05) is 30.3 Å². The molecular weight excluding hydrogens is 392 g/mol. The van der Waals surface area contributed by atoms with Crippen LogP contribution < -0.4 is 5.32 Å². The molecule has 3 aromatic heterocycles. The Morgan fingerprint density at radius 3 is 2.72 bits per heavy atom. The van der Waals surface area contributed by atoms with Gasteiger partial charge in [-0.2, -0.15) is 4.98 Å². The van der Waals surface area contributed by atoms with E-state index in [9.17, 15) is 4.79 Å². The summed E-state index contributed by atoms with van der Waals surface area (Å²) in [6.45, 7) is 0. The maximum atomic E-state index is 12.0. The second-order valence-corrected chi connectivity index (χ2v) is 6.84. The first kappa shape index (κ1) is 18.8. The van der Waals surface area contributed by atoms with Crippen molar-refractivity contribution in [2.24, 2.45) is 0 Å². The molecule has 4 aromatic rings. The van der Waals surface area contributed by atoms with Crippen molar-refractivity contribution in [2.75, 3.05) is 5.32 Å². The highest BCUT2D eigenvalue weighted by Crippen LogP contribution is 2.24. The number of anilines is 1. The monoisotopic (exact) mass is 408 g/mol. The fraction of sp³-hybridized carbons (Fsp3) is 0.158. The summed E-state index contributed by atoms with van der Waals surface area (Å²) in [7, 11) is 0. The highest BCUT2D eigenvalue weighted by Gasteiger charge is 2.13. The zero-order valence-corrected chi connectivity index (χ0v) is 16.0. The summed E-state index contributed by atoms with van der Waals surface area (Å²) in [4.78, 5) is 20.2. The smallest absolute Gasteiger partial charge is 0.277 e. The van der Waals surface area contributed by atoms with Gasteiger partial charge in [0, 0.05) is 36.5 Å². The highest BCUT2D eigenvalue weighted by atomic mass is 32.2. The lowest BCUT2D eigenvalue weighted by atomic mass is 10.2. The molecule has 29 heavy (non-hydrogen) atoms. The second-order valence-electron chi connectivity index (χ2n) is 5.92. The van der Waals surface area contributed by atoms with Crippen LogP contribution in [0.3, 0.4) is 0 Å². The third-order valence-electron chi connectivity index (χ3n) is 3.79. The standard InChI is InChI=1S/C19H16N6O3S/c26-16(21-14-4-2-1-3-5-14)6-7-17-22-15(25-28-17)12-29-19-24-23-18(27-19)13-8-10-20-11-9-13/h1-5,8-11H,6-7,12H2,(H,21,26). The molecule has 0 bridgehead atoms. The number of carbonyl (C=O) groups excluding carboxylic acids is 1. The van der Waals surface area contributed by atoms with Crippen LogP contribution in [0, 0.1) is 0 Å². The number of pyridine rings is 1. The van der Waals surface area contributed by atoms with Crippen LogP contribution in [-0.2, 0) is 17.0 Å². The van der Waals surface area contributed by atoms with Gasteiger partial charge in [-0.25, -0.2) is 0 Å². The maximum absolute atomic E-state index is 12.0. The van der Waals surface area contributed by atoms with Gasteiger partial charge in [0.1, 0.15) is 0 Å². The molecular formula is C19H16N6O3S. The van der Waals surface area contributed by atoms with Gasteiger partial charge in [0.2, 0.25) is 17.7 Å². The van der Waals surface area contributed by atoms with E-state index in [-0.39, 0.29) is 12.3 Å². The van der Waals surface area contributed by atoms with E-state index in [2.05, 4.69) is 30.6 Å². The van der Waals surface area contributed by atoms with Gasteiger partial charge in [0.05, 0.1) is 5.75 Å². The number of aryl methyl sites for hydroxylation is 1. The average Bonchev–Trinajstić information content (AvgIpc) is 3.42. The number of carbonyl (C=O) groups is 1. The first-order chi connectivity index (χ1) is 14.3. The highest BCUT2D eigenvalue weighted by molar-refractivity contribution is 7.98. The Bertz CT molecular complexity index is 1070. The molecule has 0 unspecified atom stereocenters. The SMILES string of the molecule is O=C(CCc1nc(CSc2nnc(-c3ccncc3)o2)no1)Nc1ccccc1. The van der Waals surface area contributed by atoms with Gasteiger partial charge in [0.15, 0.2) is 5.82 Å². The van der Waals surface area contributed by atoms with Crippen LogP contribution in [0.5, 0.6) is 0 Å². The van der Waals surface area contributed by atoms with Gasteiger partial charge >= 0.3 is 0 Å². The van der Waals surface area contributed by atoms with Gasteiger partial charge in [-0.3, -0.25) is 9.78 Å². The predicted molar refractivity (Wildman–Crippen MR) is 105 cm³/mol. The molecule has 3 heterocycles. The molecule has 0 aliphatic heterocycles.